The quantitative estimate of drug-likeness (QED) is 0.822. The van der Waals surface area contributed by atoms with Crippen LogP contribution in [-0.2, 0) is 6.54 Å². The summed E-state index contributed by atoms with van der Waals surface area (Å²) < 4.78 is 0. The molecule has 2 rings (SSSR count). The Labute approximate surface area is 128 Å². The second-order valence-electron chi connectivity index (χ2n) is 5.86. The van der Waals surface area contributed by atoms with E-state index in [0.29, 0.717) is 12.0 Å². The molecule has 0 spiro atoms. The van der Waals surface area contributed by atoms with E-state index in [0.717, 1.165) is 0 Å². The summed E-state index contributed by atoms with van der Waals surface area (Å²) in [4.78, 5) is 3.87. The molecule has 2 nitrogen and oxygen atoms in total. The SMILES string of the molecule is CCC1(CC)CCN(c2cccc(SC)c2CN)CC1. The van der Waals surface area contributed by atoms with Crippen LogP contribution < -0.4 is 10.6 Å². The Balaban J connectivity index is 2.18. The molecular formula is C17H28N2S. The van der Waals surface area contributed by atoms with Crippen molar-refractivity contribution < 1.29 is 0 Å². The zero-order chi connectivity index (χ0) is 14.6. The van der Waals surface area contributed by atoms with Gasteiger partial charge in [0.05, 0.1) is 0 Å². The van der Waals surface area contributed by atoms with Gasteiger partial charge in [0, 0.05) is 35.8 Å². The van der Waals surface area contributed by atoms with Crippen LogP contribution in [0, 0.1) is 5.41 Å². The smallest absolute Gasteiger partial charge is 0.0423 e. The highest BCUT2D eigenvalue weighted by molar-refractivity contribution is 7.98. The minimum Gasteiger partial charge on any atom is -0.371 e. The van der Waals surface area contributed by atoms with Crippen LogP contribution >= 0.6 is 11.8 Å². The van der Waals surface area contributed by atoms with Crippen molar-refractivity contribution >= 4 is 17.4 Å². The van der Waals surface area contributed by atoms with E-state index < -0.39 is 0 Å². The van der Waals surface area contributed by atoms with Crippen LogP contribution in [-0.4, -0.2) is 19.3 Å². The number of hydrogen-bond acceptors (Lipinski definition) is 3. The molecule has 1 aliphatic rings. The molecule has 1 saturated heterocycles. The van der Waals surface area contributed by atoms with Gasteiger partial charge in [-0.3, -0.25) is 0 Å². The number of rotatable bonds is 5. The molecule has 1 heterocycles. The fourth-order valence-corrected chi connectivity index (χ4v) is 4.07. The fourth-order valence-electron chi connectivity index (χ4n) is 3.43. The molecule has 0 radical (unpaired) electrons. The normalized spacial score (nSPS) is 18.3. The predicted molar refractivity (Wildman–Crippen MR) is 90.6 cm³/mol. The zero-order valence-electron chi connectivity index (χ0n) is 13.1. The standard InChI is InChI=1S/C17H28N2S/c1-4-17(5-2)9-11-19(12-10-17)15-7-6-8-16(20-3)14(15)13-18/h6-8H,4-5,9-13,18H2,1-3H3. The fraction of sp³-hybridized carbons (Fsp3) is 0.647. The Bertz CT molecular complexity index is 431. The van der Waals surface area contributed by atoms with Crippen molar-refractivity contribution in [2.75, 3.05) is 24.2 Å². The maximum absolute atomic E-state index is 6.00. The van der Waals surface area contributed by atoms with Crippen molar-refractivity contribution in [1.82, 2.24) is 0 Å². The average Bonchev–Trinajstić information content (AvgIpc) is 2.54. The van der Waals surface area contributed by atoms with Gasteiger partial charge >= 0.3 is 0 Å². The third-order valence-corrected chi connectivity index (χ3v) is 6.02. The van der Waals surface area contributed by atoms with E-state index in [1.165, 1.54) is 54.9 Å². The first-order chi connectivity index (χ1) is 9.69. The molecule has 0 aromatic heterocycles. The summed E-state index contributed by atoms with van der Waals surface area (Å²) in [6, 6.07) is 6.59. The lowest BCUT2D eigenvalue weighted by atomic mass is 9.74. The van der Waals surface area contributed by atoms with E-state index in [9.17, 15) is 0 Å². The van der Waals surface area contributed by atoms with E-state index in [2.05, 4.69) is 43.2 Å². The molecule has 0 unspecified atom stereocenters. The van der Waals surface area contributed by atoms with Gasteiger partial charge in [-0.1, -0.05) is 32.8 Å². The number of benzene rings is 1. The Kier molecular flexibility index (Phi) is 5.39. The molecule has 112 valence electrons. The van der Waals surface area contributed by atoms with Crippen LogP contribution in [0.2, 0.25) is 0 Å². The van der Waals surface area contributed by atoms with Gasteiger partial charge in [-0.25, -0.2) is 0 Å². The molecule has 2 N–H and O–H groups in total. The lowest BCUT2D eigenvalue weighted by Crippen LogP contribution is -2.40. The summed E-state index contributed by atoms with van der Waals surface area (Å²) in [5, 5.41) is 0. The highest BCUT2D eigenvalue weighted by Crippen LogP contribution is 2.40. The van der Waals surface area contributed by atoms with E-state index >= 15 is 0 Å². The molecule has 0 bridgehead atoms. The molecule has 1 aliphatic heterocycles. The highest BCUT2D eigenvalue weighted by atomic mass is 32.2. The van der Waals surface area contributed by atoms with Gasteiger partial charge in [0.1, 0.15) is 0 Å². The lowest BCUT2D eigenvalue weighted by Gasteiger charge is -2.42. The first-order valence-electron chi connectivity index (χ1n) is 7.80. The topological polar surface area (TPSA) is 29.3 Å². The van der Waals surface area contributed by atoms with Gasteiger partial charge in [0.25, 0.3) is 0 Å². The maximum atomic E-state index is 6.00. The van der Waals surface area contributed by atoms with E-state index in [1.54, 1.807) is 11.8 Å². The number of anilines is 1. The second kappa shape index (κ2) is 6.86. The molecule has 0 aliphatic carbocycles. The van der Waals surface area contributed by atoms with E-state index in [4.69, 9.17) is 5.73 Å². The van der Waals surface area contributed by atoms with Crippen molar-refractivity contribution in [2.24, 2.45) is 11.1 Å². The first-order valence-corrected chi connectivity index (χ1v) is 9.03. The van der Waals surface area contributed by atoms with Gasteiger partial charge in [0.2, 0.25) is 0 Å². The molecule has 0 saturated carbocycles. The van der Waals surface area contributed by atoms with Crippen LogP contribution in [0.5, 0.6) is 0 Å². The number of thioether (sulfide) groups is 1. The van der Waals surface area contributed by atoms with Crippen molar-refractivity contribution in [3.63, 3.8) is 0 Å². The summed E-state index contributed by atoms with van der Waals surface area (Å²) >= 11 is 1.80. The maximum Gasteiger partial charge on any atom is 0.0423 e. The van der Waals surface area contributed by atoms with Gasteiger partial charge in [0.15, 0.2) is 0 Å². The number of piperidine rings is 1. The predicted octanol–water partition coefficient (Wildman–Crippen LogP) is 4.27. The number of hydrogen-bond donors (Lipinski definition) is 1. The second-order valence-corrected chi connectivity index (χ2v) is 6.70. The summed E-state index contributed by atoms with van der Waals surface area (Å²) in [6.07, 6.45) is 7.38. The molecule has 20 heavy (non-hydrogen) atoms. The third kappa shape index (κ3) is 2.99. The summed E-state index contributed by atoms with van der Waals surface area (Å²) in [7, 11) is 0. The summed E-state index contributed by atoms with van der Waals surface area (Å²) in [5.74, 6) is 0. The van der Waals surface area contributed by atoms with Crippen LogP contribution in [0.3, 0.4) is 0 Å². The monoisotopic (exact) mass is 292 g/mol. The lowest BCUT2D eigenvalue weighted by molar-refractivity contribution is 0.199. The minimum absolute atomic E-state index is 0.580. The number of nitrogens with zero attached hydrogens (tertiary/aromatic N) is 1. The molecule has 1 fully saturated rings. The summed E-state index contributed by atoms with van der Waals surface area (Å²) in [6.45, 7) is 7.67. The Hall–Kier alpha value is -0.670. The molecule has 3 heteroatoms. The van der Waals surface area contributed by atoms with E-state index in [1.807, 2.05) is 0 Å². The number of nitrogens with two attached hydrogens (primary N) is 1. The van der Waals surface area contributed by atoms with Crippen LogP contribution in [0.25, 0.3) is 0 Å². The van der Waals surface area contributed by atoms with Crippen molar-refractivity contribution in [2.45, 2.75) is 51.0 Å². The molecular weight excluding hydrogens is 264 g/mol. The van der Waals surface area contributed by atoms with Crippen molar-refractivity contribution in [3.8, 4) is 0 Å². The molecule has 0 amide bonds. The van der Waals surface area contributed by atoms with Gasteiger partial charge in [-0.05, 0) is 36.6 Å². The minimum atomic E-state index is 0.580. The van der Waals surface area contributed by atoms with Crippen LogP contribution in [0.4, 0.5) is 5.69 Å². The van der Waals surface area contributed by atoms with Crippen LogP contribution in [0.1, 0.15) is 45.1 Å². The van der Waals surface area contributed by atoms with Crippen molar-refractivity contribution in [3.05, 3.63) is 23.8 Å². The third-order valence-electron chi connectivity index (χ3n) is 5.20. The van der Waals surface area contributed by atoms with Gasteiger partial charge < -0.3 is 10.6 Å². The van der Waals surface area contributed by atoms with Crippen LogP contribution in [0.15, 0.2) is 23.1 Å². The Morgan fingerprint density at radius 2 is 1.85 bits per heavy atom. The van der Waals surface area contributed by atoms with E-state index in [-0.39, 0.29) is 0 Å². The first kappa shape index (κ1) is 15.7. The molecule has 1 aromatic carbocycles. The van der Waals surface area contributed by atoms with Gasteiger partial charge in [-0.2, -0.15) is 0 Å². The largest absolute Gasteiger partial charge is 0.371 e. The zero-order valence-corrected chi connectivity index (χ0v) is 13.9. The average molecular weight is 292 g/mol. The summed E-state index contributed by atoms with van der Waals surface area (Å²) in [5.41, 5.74) is 9.26. The highest BCUT2D eigenvalue weighted by Gasteiger charge is 2.31. The Morgan fingerprint density at radius 3 is 2.35 bits per heavy atom. The Morgan fingerprint density at radius 1 is 1.20 bits per heavy atom. The molecule has 1 aromatic rings. The van der Waals surface area contributed by atoms with Gasteiger partial charge in [-0.15, -0.1) is 11.8 Å². The van der Waals surface area contributed by atoms with Crippen molar-refractivity contribution in [1.29, 1.82) is 0 Å². The molecule has 0 atom stereocenters.